The largest absolute Gasteiger partial charge is 0.392 e. The van der Waals surface area contributed by atoms with Crippen LogP contribution in [0.3, 0.4) is 0 Å². The predicted molar refractivity (Wildman–Crippen MR) is 86.2 cm³/mol. The molecule has 1 amide bonds. The first-order chi connectivity index (χ1) is 11.2. The number of hydrogen-bond donors (Lipinski definition) is 3. The second-order valence-corrected chi connectivity index (χ2v) is 5.51. The fourth-order valence-electron chi connectivity index (χ4n) is 3.08. The van der Waals surface area contributed by atoms with Crippen molar-refractivity contribution in [2.45, 2.75) is 32.4 Å². The van der Waals surface area contributed by atoms with E-state index in [2.05, 4.69) is 10.4 Å². The molecule has 1 aliphatic heterocycles. The highest BCUT2D eigenvalue weighted by Gasteiger charge is 2.23. The lowest BCUT2D eigenvalue weighted by Crippen LogP contribution is -2.25. The second kappa shape index (κ2) is 6.21. The minimum absolute atomic E-state index is 0.0639. The van der Waals surface area contributed by atoms with Crippen LogP contribution in [0, 0.1) is 0 Å². The Kier molecular flexibility index (Phi) is 4.12. The summed E-state index contributed by atoms with van der Waals surface area (Å²) < 4.78 is 1.85. The van der Waals surface area contributed by atoms with Gasteiger partial charge in [-0.15, -0.1) is 0 Å². The van der Waals surface area contributed by atoms with E-state index in [4.69, 9.17) is 5.84 Å². The molecule has 0 saturated carbocycles. The minimum Gasteiger partial charge on any atom is -0.392 e. The average molecular weight is 314 g/mol. The van der Waals surface area contributed by atoms with Gasteiger partial charge in [-0.2, -0.15) is 5.10 Å². The van der Waals surface area contributed by atoms with Crippen LogP contribution in [0.5, 0.6) is 0 Å². The first kappa shape index (κ1) is 15.2. The Hall–Kier alpha value is -2.67. The van der Waals surface area contributed by atoms with Gasteiger partial charge < -0.3 is 20.8 Å². The summed E-state index contributed by atoms with van der Waals surface area (Å²) in [5, 5.41) is 16.0. The molecule has 120 valence electrons. The number of nitrogens with one attached hydrogen (secondary N) is 1. The van der Waals surface area contributed by atoms with Crippen molar-refractivity contribution >= 4 is 28.9 Å². The third-order valence-corrected chi connectivity index (χ3v) is 4.16. The number of amides is 1. The summed E-state index contributed by atoms with van der Waals surface area (Å²) in [7, 11) is 0. The molecule has 1 aromatic heterocycles. The van der Waals surface area contributed by atoms with Crippen molar-refractivity contribution in [2.75, 3.05) is 0 Å². The minimum atomic E-state index is -0.349. The van der Waals surface area contributed by atoms with Crippen LogP contribution in [-0.2, 0) is 13.2 Å². The summed E-state index contributed by atoms with van der Waals surface area (Å²) in [4.78, 5) is 24.7. The summed E-state index contributed by atoms with van der Waals surface area (Å²) in [6.07, 6.45) is 3.21. The molecular formula is C16H18N4O3. The molecule has 0 aliphatic carbocycles. The Morgan fingerprint density at radius 3 is 3.00 bits per heavy atom. The quantitative estimate of drug-likeness (QED) is 0.341. The number of hydrazone groups is 1. The highest BCUT2D eigenvalue weighted by molar-refractivity contribution is 6.11. The van der Waals surface area contributed by atoms with Crippen molar-refractivity contribution in [3.05, 3.63) is 35.0 Å². The fraction of sp³-hybridized carbons (Fsp3) is 0.312. The average Bonchev–Trinajstić information content (AvgIpc) is 2.93. The van der Waals surface area contributed by atoms with Crippen molar-refractivity contribution in [1.29, 1.82) is 0 Å². The number of nitrogens with zero attached hydrogens (tertiary/aromatic N) is 2. The fourth-order valence-corrected chi connectivity index (χ4v) is 3.08. The number of aliphatic hydroxyl groups excluding tert-OH is 1. The Morgan fingerprint density at radius 1 is 1.43 bits per heavy atom. The number of carbonyl (C=O) groups is 2. The van der Waals surface area contributed by atoms with E-state index in [0.29, 0.717) is 29.8 Å². The summed E-state index contributed by atoms with van der Waals surface area (Å²) in [5.74, 6) is 4.73. The first-order valence-electron chi connectivity index (χ1n) is 7.49. The normalized spacial score (nSPS) is 14.9. The van der Waals surface area contributed by atoms with E-state index < -0.39 is 0 Å². The van der Waals surface area contributed by atoms with E-state index in [0.717, 1.165) is 30.1 Å². The molecule has 0 saturated heterocycles. The maximum Gasteiger partial charge on any atom is 0.273 e. The molecule has 0 unspecified atom stereocenters. The smallest absolute Gasteiger partial charge is 0.273 e. The number of aromatic nitrogens is 1. The zero-order valence-corrected chi connectivity index (χ0v) is 12.6. The summed E-state index contributed by atoms with van der Waals surface area (Å²) in [6, 6.07) is 5.19. The van der Waals surface area contributed by atoms with Crippen LogP contribution < -0.4 is 11.2 Å². The molecular weight excluding hydrogens is 296 g/mol. The summed E-state index contributed by atoms with van der Waals surface area (Å²) in [5.41, 5.74) is 2.44. The molecule has 7 nitrogen and oxygen atoms in total. The molecule has 0 atom stereocenters. The number of Topliss-reactive ketones (excluding diaryl/α,β-unsaturated/α-hetero) is 1. The van der Waals surface area contributed by atoms with E-state index in [1.807, 2.05) is 4.57 Å². The zero-order chi connectivity index (χ0) is 16.4. The van der Waals surface area contributed by atoms with E-state index >= 15 is 0 Å². The number of aryl methyl sites for hydroxylation is 1. The zero-order valence-electron chi connectivity index (χ0n) is 12.6. The van der Waals surface area contributed by atoms with Crippen molar-refractivity contribution in [3.8, 4) is 0 Å². The molecule has 0 bridgehead atoms. The van der Waals surface area contributed by atoms with Crippen molar-refractivity contribution in [2.24, 2.45) is 10.9 Å². The predicted octanol–water partition coefficient (Wildman–Crippen LogP) is 1.13. The molecule has 4 N–H and O–H groups in total. The van der Waals surface area contributed by atoms with Gasteiger partial charge in [0, 0.05) is 23.9 Å². The van der Waals surface area contributed by atoms with Crippen molar-refractivity contribution < 1.29 is 14.7 Å². The van der Waals surface area contributed by atoms with Gasteiger partial charge in [-0.25, -0.2) is 0 Å². The third kappa shape index (κ3) is 2.59. The van der Waals surface area contributed by atoms with Crippen LogP contribution in [0.1, 0.15) is 45.7 Å². The van der Waals surface area contributed by atoms with Crippen molar-refractivity contribution in [3.63, 3.8) is 0 Å². The van der Waals surface area contributed by atoms with Gasteiger partial charge >= 0.3 is 0 Å². The molecule has 0 radical (unpaired) electrons. The lowest BCUT2D eigenvalue weighted by molar-refractivity contribution is 0.0958. The monoisotopic (exact) mass is 314 g/mol. The first-order valence-corrected chi connectivity index (χ1v) is 7.49. The van der Waals surface area contributed by atoms with Gasteiger partial charge in [0.2, 0.25) is 0 Å². The SMILES string of the molecule is NN=CNC(=O)c1cc2c(CO)ccc3c2n1CCCCC3=O. The van der Waals surface area contributed by atoms with E-state index in [9.17, 15) is 14.7 Å². The van der Waals surface area contributed by atoms with E-state index in [1.54, 1.807) is 18.2 Å². The van der Waals surface area contributed by atoms with Crippen LogP contribution in [0.2, 0.25) is 0 Å². The van der Waals surface area contributed by atoms with Gasteiger partial charge in [-0.3, -0.25) is 9.59 Å². The molecule has 23 heavy (non-hydrogen) atoms. The maximum atomic E-state index is 12.4. The summed E-state index contributed by atoms with van der Waals surface area (Å²) >= 11 is 0. The van der Waals surface area contributed by atoms with E-state index in [1.165, 1.54) is 0 Å². The van der Waals surface area contributed by atoms with Gasteiger partial charge in [0.1, 0.15) is 12.0 Å². The molecule has 2 heterocycles. The lowest BCUT2D eigenvalue weighted by Gasteiger charge is -2.16. The molecule has 0 spiro atoms. The van der Waals surface area contributed by atoms with Gasteiger partial charge in [-0.1, -0.05) is 6.07 Å². The number of carbonyl (C=O) groups excluding carboxylic acids is 2. The van der Waals surface area contributed by atoms with Crippen LogP contribution in [0.4, 0.5) is 0 Å². The number of benzene rings is 1. The molecule has 2 aromatic rings. The Bertz CT molecular complexity index is 807. The summed E-state index contributed by atoms with van der Waals surface area (Å²) in [6.45, 7) is 0.488. The molecule has 7 heteroatoms. The van der Waals surface area contributed by atoms with Crippen LogP contribution in [0.25, 0.3) is 10.9 Å². The van der Waals surface area contributed by atoms with Crippen LogP contribution in [-0.4, -0.2) is 27.7 Å². The number of hydrogen-bond acceptors (Lipinski definition) is 5. The third-order valence-electron chi connectivity index (χ3n) is 4.16. The van der Waals surface area contributed by atoms with Crippen molar-refractivity contribution in [1.82, 2.24) is 9.88 Å². The van der Waals surface area contributed by atoms with E-state index in [-0.39, 0.29) is 18.3 Å². The highest BCUT2D eigenvalue weighted by atomic mass is 16.3. The van der Waals surface area contributed by atoms with Gasteiger partial charge in [-0.05, 0) is 30.5 Å². The number of aliphatic hydroxyl groups is 1. The topological polar surface area (TPSA) is 110 Å². The standard InChI is InChI=1S/C16H18N4O3/c17-19-9-18-16(23)13-7-12-10(8-21)4-5-11-14(22)3-1-2-6-20(13)15(11)12/h4-5,7,9,21H,1-3,6,8,17H2,(H,18,19,23). The molecule has 3 rings (SSSR count). The maximum absolute atomic E-state index is 12.4. The van der Waals surface area contributed by atoms with Crippen LogP contribution >= 0.6 is 0 Å². The Morgan fingerprint density at radius 2 is 2.26 bits per heavy atom. The lowest BCUT2D eigenvalue weighted by atomic mass is 9.99. The van der Waals surface area contributed by atoms with Crippen LogP contribution in [0.15, 0.2) is 23.3 Å². The number of nitrogens with two attached hydrogens (primary N) is 1. The molecule has 1 aliphatic rings. The number of rotatable bonds is 3. The van der Waals surface area contributed by atoms with Gasteiger partial charge in [0.05, 0.1) is 12.1 Å². The highest BCUT2D eigenvalue weighted by Crippen LogP contribution is 2.30. The Labute approximate surface area is 132 Å². The molecule has 1 aromatic carbocycles. The Balaban J connectivity index is 2.27. The van der Waals surface area contributed by atoms with Gasteiger partial charge in [0.25, 0.3) is 5.91 Å². The molecule has 0 fully saturated rings. The second-order valence-electron chi connectivity index (χ2n) is 5.51. The number of ketones is 1. The van der Waals surface area contributed by atoms with Gasteiger partial charge in [0.15, 0.2) is 5.78 Å².